The minimum atomic E-state index is -4.82. The van der Waals surface area contributed by atoms with Gasteiger partial charge < -0.3 is 25.5 Å². The summed E-state index contributed by atoms with van der Waals surface area (Å²) in [5.41, 5.74) is 1.02. The van der Waals surface area contributed by atoms with Crippen molar-refractivity contribution in [2.75, 3.05) is 32.7 Å². The lowest BCUT2D eigenvalue weighted by atomic mass is 9.75. The zero-order chi connectivity index (χ0) is 35.2. The number of aliphatic carboxylic acids is 4. The van der Waals surface area contributed by atoms with Gasteiger partial charge in [-0.15, -0.1) is 0 Å². The molecule has 2 aromatic rings. The molecule has 0 radical (unpaired) electrons. The number of Topliss-reactive ketones (excluding diaryl/α,β-unsaturated/α-hetero) is 1. The lowest BCUT2D eigenvalue weighted by molar-refractivity contribution is -0.143. The van der Waals surface area contributed by atoms with E-state index >= 15 is 0 Å². The number of hydrogen-bond acceptors (Lipinski definition) is 10. The van der Waals surface area contributed by atoms with E-state index in [2.05, 4.69) is 0 Å². The monoisotopic (exact) mass is 674 g/mol. The number of aromatic hydroxyl groups is 1. The maximum atomic E-state index is 13.2. The third-order valence-electron chi connectivity index (χ3n) is 7.39. The molecular weight excluding hydrogens is 640 g/mol. The zero-order valence-electron chi connectivity index (χ0n) is 25.4. The van der Waals surface area contributed by atoms with Crippen molar-refractivity contribution >= 4 is 39.8 Å². The van der Waals surface area contributed by atoms with Crippen LogP contribution in [0.25, 0.3) is 0 Å². The highest BCUT2D eigenvalue weighted by atomic mass is 32.2. The Kier molecular flexibility index (Phi) is 11.8. The third-order valence-corrected chi connectivity index (χ3v) is 8.31. The van der Waals surface area contributed by atoms with Gasteiger partial charge in [0.2, 0.25) is 0 Å². The third kappa shape index (κ3) is 9.79. The summed E-state index contributed by atoms with van der Waals surface area (Å²) < 4.78 is 35.2. The van der Waals surface area contributed by atoms with E-state index in [1.165, 1.54) is 56.3 Å². The molecule has 0 fully saturated rings. The van der Waals surface area contributed by atoms with E-state index in [-0.39, 0.29) is 46.7 Å². The number of rotatable bonds is 16. The van der Waals surface area contributed by atoms with Crippen molar-refractivity contribution in [1.29, 1.82) is 0 Å². The summed E-state index contributed by atoms with van der Waals surface area (Å²) in [6.45, 7) is -0.426. The number of carboxylic acids is 4. The first-order chi connectivity index (χ1) is 21.9. The average molecular weight is 675 g/mol. The van der Waals surface area contributed by atoms with Crippen LogP contribution >= 0.6 is 0 Å². The Morgan fingerprint density at radius 1 is 0.809 bits per heavy atom. The molecule has 0 spiro atoms. The van der Waals surface area contributed by atoms with Crippen LogP contribution in [0.4, 0.5) is 0 Å². The Bertz CT molecular complexity index is 1730. The number of phenolic OH excluding ortho intramolecular Hbond substituents is 1. The molecule has 0 saturated heterocycles. The number of ketones is 1. The predicted molar refractivity (Wildman–Crippen MR) is 164 cm³/mol. The maximum Gasteiger partial charge on any atom is 0.317 e. The van der Waals surface area contributed by atoms with Crippen LogP contribution in [0.2, 0.25) is 0 Å². The number of benzene rings is 2. The van der Waals surface area contributed by atoms with Crippen molar-refractivity contribution in [3.05, 3.63) is 82.0 Å². The molecule has 0 heterocycles. The Morgan fingerprint density at radius 2 is 1.32 bits per heavy atom. The van der Waals surface area contributed by atoms with Gasteiger partial charge in [-0.3, -0.25) is 38.3 Å². The van der Waals surface area contributed by atoms with E-state index in [9.17, 15) is 62.5 Å². The van der Waals surface area contributed by atoms with Crippen LogP contribution in [0.1, 0.15) is 35.1 Å². The Labute approximate surface area is 269 Å². The van der Waals surface area contributed by atoms with E-state index in [1.807, 2.05) is 0 Å². The molecule has 15 nitrogen and oxygen atoms in total. The van der Waals surface area contributed by atoms with Crippen molar-refractivity contribution in [3.63, 3.8) is 0 Å². The van der Waals surface area contributed by atoms with Gasteiger partial charge in [0.1, 0.15) is 5.75 Å². The number of phenols is 1. The molecule has 16 heteroatoms. The molecular formula is C31H34N2O13S. The fourth-order valence-corrected chi connectivity index (χ4v) is 6.38. The van der Waals surface area contributed by atoms with E-state index in [0.717, 1.165) is 9.80 Å². The lowest BCUT2D eigenvalue weighted by Crippen LogP contribution is -2.37. The second-order valence-electron chi connectivity index (χ2n) is 11.1. The Morgan fingerprint density at radius 3 is 1.83 bits per heavy atom. The van der Waals surface area contributed by atoms with Gasteiger partial charge in [-0.05, 0) is 42.2 Å². The molecule has 2 atom stereocenters. The van der Waals surface area contributed by atoms with Gasteiger partial charge in [-0.2, -0.15) is 8.42 Å². The van der Waals surface area contributed by atoms with Gasteiger partial charge in [-0.1, -0.05) is 42.5 Å². The van der Waals surface area contributed by atoms with Crippen LogP contribution < -0.4 is 0 Å². The summed E-state index contributed by atoms with van der Waals surface area (Å²) in [5, 5.41) is 48.1. The first-order valence-electron chi connectivity index (χ1n) is 14.0. The molecule has 252 valence electrons. The highest BCUT2D eigenvalue weighted by Crippen LogP contribution is 2.42. The van der Waals surface area contributed by atoms with Crippen molar-refractivity contribution < 1.29 is 62.5 Å². The fraction of sp³-hybridized carbons (Fsp3) is 0.323. The predicted octanol–water partition coefficient (Wildman–Crippen LogP) is 1.59. The molecule has 6 N–H and O–H groups in total. The van der Waals surface area contributed by atoms with Crippen LogP contribution in [-0.4, -0.2) is 111 Å². The molecule has 3 rings (SSSR count). The van der Waals surface area contributed by atoms with E-state index < -0.39 is 82.7 Å². The van der Waals surface area contributed by atoms with Crippen molar-refractivity contribution in [3.8, 4) is 5.75 Å². The highest BCUT2D eigenvalue weighted by molar-refractivity contribution is 7.85. The van der Waals surface area contributed by atoms with Crippen molar-refractivity contribution in [2.45, 2.75) is 31.2 Å². The largest absolute Gasteiger partial charge is 0.507 e. The summed E-state index contributed by atoms with van der Waals surface area (Å²) >= 11 is 0. The molecule has 47 heavy (non-hydrogen) atoms. The average Bonchev–Trinajstić information content (AvgIpc) is 2.92. The van der Waals surface area contributed by atoms with E-state index in [0.29, 0.717) is 5.56 Å². The van der Waals surface area contributed by atoms with Gasteiger partial charge in [0, 0.05) is 36.1 Å². The summed E-state index contributed by atoms with van der Waals surface area (Å²) in [6, 6.07) is 8.48. The molecule has 0 bridgehead atoms. The van der Waals surface area contributed by atoms with Gasteiger partial charge in [0.05, 0.1) is 31.1 Å². The summed E-state index contributed by atoms with van der Waals surface area (Å²) in [4.78, 5) is 60.5. The topological polar surface area (TPSA) is 247 Å². The number of nitrogens with zero attached hydrogens (tertiary/aromatic N) is 2. The molecule has 2 aromatic carbocycles. The van der Waals surface area contributed by atoms with Crippen LogP contribution in [0.15, 0.2) is 64.6 Å². The van der Waals surface area contributed by atoms with Gasteiger partial charge >= 0.3 is 23.9 Å². The SMILES string of the molecule is CC1=CC(C(c2cc(C)c(O)c(CN(CC(=O)O)CC(=O)O)c2)c2ccccc2S(=O)(=O)O)C=C(CN(CC(=O)O)CC(=O)O)C1=O. The fourth-order valence-electron chi connectivity index (χ4n) is 5.64. The van der Waals surface area contributed by atoms with Crippen molar-refractivity contribution in [1.82, 2.24) is 9.80 Å². The number of carbonyl (C=O) groups is 5. The van der Waals surface area contributed by atoms with E-state index in [1.54, 1.807) is 6.08 Å². The molecule has 0 aliphatic heterocycles. The van der Waals surface area contributed by atoms with Gasteiger partial charge in [0.15, 0.2) is 5.78 Å². The second-order valence-corrected chi connectivity index (χ2v) is 12.5. The highest BCUT2D eigenvalue weighted by Gasteiger charge is 2.33. The standard InChI is InChI=1S/C31H34N2O13S/c1-17-7-19(9-21(30(17)42)11-32(13-25(34)35)14-26(36)37)29(23-5-3-4-6-24(23)47(44,45)46)20-8-18(2)31(43)22(10-20)12-33(15-27(38)39)16-28(40)41/h3-10,19,29,43H,11-16H2,1-2H3,(H,34,35)(H,36,37)(H,38,39)(H,40,41)(H,44,45,46). The van der Waals surface area contributed by atoms with Gasteiger partial charge in [0.25, 0.3) is 10.1 Å². The first kappa shape index (κ1) is 36.6. The molecule has 1 aliphatic rings. The number of hydrogen-bond donors (Lipinski definition) is 6. The second kappa shape index (κ2) is 15.1. The number of aryl methyl sites for hydroxylation is 1. The molecule has 0 saturated carbocycles. The maximum absolute atomic E-state index is 13.2. The minimum absolute atomic E-state index is 0.0386. The smallest absolute Gasteiger partial charge is 0.317 e. The van der Waals surface area contributed by atoms with Crippen molar-refractivity contribution in [2.24, 2.45) is 5.92 Å². The number of carbonyl (C=O) groups excluding carboxylic acids is 1. The summed E-state index contributed by atoms with van der Waals surface area (Å²) in [7, 11) is -4.82. The number of carboxylic acid groups (broad SMARTS) is 4. The molecule has 1 aliphatic carbocycles. The van der Waals surface area contributed by atoms with Crippen LogP contribution in [0.5, 0.6) is 5.75 Å². The zero-order valence-corrected chi connectivity index (χ0v) is 26.2. The quantitative estimate of drug-likeness (QED) is 0.138. The van der Waals surface area contributed by atoms with Crippen LogP contribution in [0, 0.1) is 12.8 Å². The molecule has 0 amide bonds. The minimum Gasteiger partial charge on any atom is -0.507 e. The normalized spacial score (nSPS) is 15.7. The van der Waals surface area contributed by atoms with Crippen LogP contribution in [0.3, 0.4) is 0 Å². The molecule has 2 unspecified atom stereocenters. The first-order valence-corrected chi connectivity index (χ1v) is 15.5. The summed E-state index contributed by atoms with van der Waals surface area (Å²) in [6.07, 6.45) is 3.00. The lowest BCUT2D eigenvalue weighted by Gasteiger charge is -2.31. The van der Waals surface area contributed by atoms with Crippen LogP contribution in [-0.2, 0) is 40.6 Å². The van der Waals surface area contributed by atoms with Gasteiger partial charge in [-0.25, -0.2) is 0 Å². The Balaban J connectivity index is 2.28. The number of allylic oxidation sites excluding steroid dienone is 3. The Hall–Kier alpha value is -4.90. The summed E-state index contributed by atoms with van der Waals surface area (Å²) in [5.74, 6) is -7.92. The molecule has 0 aromatic heterocycles. The van der Waals surface area contributed by atoms with E-state index in [4.69, 9.17) is 0 Å².